The molecule has 3 N–H and O–H groups in total. The van der Waals surface area contributed by atoms with Crippen molar-refractivity contribution in [2.75, 3.05) is 0 Å². The van der Waals surface area contributed by atoms with Gasteiger partial charge in [0.05, 0.1) is 4.47 Å². The molecule has 1 amide bonds. The van der Waals surface area contributed by atoms with Crippen LogP contribution < -0.4 is 5.32 Å². The van der Waals surface area contributed by atoms with Crippen molar-refractivity contribution in [2.45, 2.75) is 18.4 Å². The van der Waals surface area contributed by atoms with Crippen LogP contribution in [0.3, 0.4) is 0 Å². The highest BCUT2D eigenvalue weighted by Crippen LogP contribution is 2.36. The lowest BCUT2D eigenvalue weighted by Crippen LogP contribution is -2.43. The molecule has 1 aromatic carbocycles. The molecule has 3 rings (SSSR count). The topological polar surface area (TPSA) is 82.2 Å². The van der Waals surface area contributed by atoms with Crippen LogP contribution in [0.25, 0.3) is 10.9 Å². The Morgan fingerprint density at radius 1 is 1.32 bits per heavy atom. The van der Waals surface area contributed by atoms with Crippen molar-refractivity contribution >= 4 is 38.7 Å². The number of carboxylic acid groups (broad SMARTS) is 1. The molecule has 1 heterocycles. The molecule has 1 fully saturated rings. The lowest BCUT2D eigenvalue weighted by Gasteiger charge is -2.11. The zero-order chi connectivity index (χ0) is 13.6. The second-order valence-corrected chi connectivity index (χ2v) is 5.49. The van der Waals surface area contributed by atoms with E-state index in [1.807, 2.05) is 24.3 Å². The van der Waals surface area contributed by atoms with Crippen molar-refractivity contribution in [3.05, 3.63) is 34.4 Å². The number of aliphatic carboxylic acids is 1. The molecule has 5 nitrogen and oxygen atoms in total. The number of nitrogens with one attached hydrogen (secondary N) is 2. The van der Waals surface area contributed by atoms with Gasteiger partial charge < -0.3 is 15.4 Å². The molecule has 0 saturated heterocycles. The van der Waals surface area contributed by atoms with Gasteiger partial charge in [-0.1, -0.05) is 18.2 Å². The smallest absolute Gasteiger partial charge is 0.329 e. The van der Waals surface area contributed by atoms with Crippen LogP contribution in [0.5, 0.6) is 0 Å². The van der Waals surface area contributed by atoms with E-state index < -0.39 is 17.4 Å². The number of aromatic amines is 1. The number of rotatable bonds is 3. The summed E-state index contributed by atoms with van der Waals surface area (Å²) >= 11 is 3.38. The molecule has 0 spiro atoms. The van der Waals surface area contributed by atoms with E-state index in [1.54, 1.807) is 0 Å². The molecule has 6 heteroatoms. The number of para-hydroxylation sites is 1. The van der Waals surface area contributed by atoms with Gasteiger partial charge in [-0.05, 0) is 34.8 Å². The van der Waals surface area contributed by atoms with Crippen LogP contribution >= 0.6 is 15.9 Å². The normalized spacial score (nSPS) is 16.3. The number of halogens is 1. The van der Waals surface area contributed by atoms with Crippen molar-refractivity contribution in [3.8, 4) is 0 Å². The number of carboxylic acids is 1. The van der Waals surface area contributed by atoms with Crippen LogP contribution in [0, 0.1) is 0 Å². The van der Waals surface area contributed by atoms with Crippen LogP contribution in [-0.2, 0) is 4.79 Å². The number of carbonyl (C=O) groups is 2. The zero-order valence-electron chi connectivity index (χ0n) is 9.87. The Bertz CT molecular complexity index is 688. The van der Waals surface area contributed by atoms with Crippen LogP contribution in [0.15, 0.2) is 28.7 Å². The van der Waals surface area contributed by atoms with E-state index >= 15 is 0 Å². The summed E-state index contributed by atoms with van der Waals surface area (Å²) in [7, 11) is 0. The molecule has 1 saturated carbocycles. The highest BCUT2D eigenvalue weighted by atomic mass is 79.9. The van der Waals surface area contributed by atoms with E-state index in [2.05, 4.69) is 26.2 Å². The number of H-pyrrole nitrogens is 1. The first-order valence-electron chi connectivity index (χ1n) is 5.86. The minimum atomic E-state index is -1.08. The van der Waals surface area contributed by atoms with Gasteiger partial charge in [0, 0.05) is 10.9 Å². The van der Waals surface area contributed by atoms with Gasteiger partial charge in [0.15, 0.2) is 0 Å². The molecule has 1 aliphatic carbocycles. The average molecular weight is 323 g/mol. The summed E-state index contributed by atoms with van der Waals surface area (Å²) in [5.41, 5.74) is 0.113. The predicted molar refractivity (Wildman–Crippen MR) is 73.1 cm³/mol. The minimum absolute atomic E-state index is 0.355. The number of carbonyl (C=O) groups excluding carboxylic acids is 1. The van der Waals surface area contributed by atoms with Gasteiger partial charge in [-0.2, -0.15) is 0 Å². The zero-order valence-corrected chi connectivity index (χ0v) is 11.5. The standard InChI is InChI=1S/C13H11BrN2O3/c14-9-7-3-1-2-4-8(7)15-10(9)11(17)16-13(5-6-13)12(18)19/h1-4,15H,5-6H2,(H,16,17)(H,18,19). The Morgan fingerprint density at radius 3 is 2.58 bits per heavy atom. The first-order chi connectivity index (χ1) is 9.03. The Morgan fingerprint density at radius 2 is 2.00 bits per heavy atom. The molecule has 1 aromatic heterocycles. The number of fused-ring (bicyclic) bond motifs is 1. The monoisotopic (exact) mass is 322 g/mol. The first-order valence-corrected chi connectivity index (χ1v) is 6.65. The number of hydrogen-bond acceptors (Lipinski definition) is 2. The van der Waals surface area contributed by atoms with Crippen molar-refractivity contribution < 1.29 is 14.7 Å². The summed E-state index contributed by atoms with van der Waals surface area (Å²) in [4.78, 5) is 26.2. The Labute approximate surface area is 117 Å². The summed E-state index contributed by atoms with van der Waals surface area (Å²) in [5.74, 6) is -1.38. The van der Waals surface area contributed by atoms with Crippen LogP contribution in [-0.4, -0.2) is 27.5 Å². The van der Waals surface area contributed by atoms with Gasteiger partial charge in [0.1, 0.15) is 11.2 Å². The number of amides is 1. The van der Waals surface area contributed by atoms with Crippen molar-refractivity contribution in [3.63, 3.8) is 0 Å². The molecular weight excluding hydrogens is 312 g/mol. The third kappa shape index (κ3) is 1.92. The Balaban J connectivity index is 1.94. The van der Waals surface area contributed by atoms with Gasteiger partial charge in [0.2, 0.25) is 0 Å². The molecule has 2 aromatic rings. The van der Waals surface area contributed by atoms with E-state index in [4.69, 9.17) is 5.11 Å². The molecule has 98 valence electrons. The first kappa shape index (κ1) is 12.2. The fourth-order valence-electron chi connectivity index (χ4n) is 2.06. The van der Waals surface area contributed by atoms with Crippen LogP contribution in [0.1, 0.15) is 23.3 Å². The van der Waals surface area contributed by atoms with Crippen molar-refractivity contribution in [2.24, 2.45) is 0 Å². The van der Waals surface area contributed by atoms with E-state index in [0.717, 1.165) is 10.9 Å². The van der Waals surface area contributed by atoms with E-state index in [-0.39, 0.29) is 0 Å². The quantitative estimate of drug-likeness (QED) is 0.810. The maximum atomic E-state index is 12.2. The summed E-state index contributed by atoms with van der Waals surface area (Å²) < 4.78 is 0.654. The average Bonchev–Trinajstić information content (AvgIpc) is 3.09. The molecule has 0 atom stereocenters. The maximum Gasteiger partial charge on any atom is 0.329 e. The van der Waals surface area contributed by atoms with Gasteiger partial charge >= 0.3 is 5.97 Å². The second-order valence-electron chi connectivity index (χ2n) is 4.70. The fraction of sp³-hybridized carbons (Fsp3) is 0.231. The van der Waals surface area contributed by atoms with E-state index in [9.17, 15) is 9.59 Å². The van der Waals surface area contributed by atoms with Gasteiger partial charge in [0.25, 0.3) is 5.91 Å². The molecule has 0 aliphatic heterocycles. The molecule has 19 heavy (non-hydrogen) atoms. The van der Waals surface area contributed by atoms with E-state index in [1.165, 1.54) is 0 Å². The predicted octanol–water partition coefficient (Wildman–Crippen LogP) is 2.28. The maximum absolute atomic E-state index is 12.2. The minimum Gasteiger partial charge on any atom is -0.480 e. The SMILES string of the molecule is O=C(NC1(C(=O)O)CC1)c1[nH]c2ccccc2c1Br. The largest absolute Gasteiger partial charge is 0.480 e. The molecule has 1 aliphatic rings. The highest BCUT2D eigenvalue weighted by Gasteiger charge is 2.52. The summed E-state index contributed by atoms with van der Waals surface area (Å²) in [6.45, 7) is 0. The van der Waals surface area contributed by atoms with E-state index in [0.29, 0.717) is 23.0 Å². The van der Waals surface area contributed by atoms with Crippen LogP contribution in [0.2, 0.25) is 0 Å². The Hall–Kier alpha value is -1.82. The molecule has 0 radical (unpaired) electrons. The lowest BCUT2D eigenvalue weighted by molar-refractivity contribution is -0.140. The molecular formula is C13H11BrN2O3. The highest BCUT2D eigenvalue weighted by molar-refractivity contribution is 9.10. The fourth-order valence-corrected chi connectivity index (χ4v) is 2.69. The van der Waals surface area contributed by atoms with Gasteiger partial charge in [-0.25, -0.2) is 4.79 Å². The van der Waals surface area contributed by atoms with Gasteiger partial charge in [-0.3, -0.25) is 4.79 Å². The summed E-state index contributed by atoms with van der Waals surface area (Å²) in [6, 6.07) is 7.49. The third-order valence-corrected chi connectivity index (χ3v) is 4.21. The lowest BCUT2D eigenvalue weighted by atomic mass is 10.2. The Kier molecular flexibility index (Phi) is 2.63. The van der Waals surface area contributed by atoms with Crippen LogP contribution in [0.4, 0.5) is 0 Å². The number of aromatic nitrogens is 1. The summed E-state index contributed by atoms with van der Waals surface area (Å²) in [6.07, 6.45) is 0.956. The molecule has 0 unspecified atom stereocenters. The number of hydrogen-bond donors (Lipinski definition) is 3. The van der Waals surface area contributed by atoms with Crippen molar-refractivity contribution in [1.82, 2.24) is 10.3 Å². The second kappa shape index (κ2) is 4.09. The van der Waals surface area contributed by atoms with Gasteiger partial charge in [-0.15, -0.1) is 0 Å². The van der Waals surface area contributed by atoms with Crippen molar-refractivity contribution in [1.29, 1.82) is 0 Å². The summed E-state index contributed by atoms with van der Waals surface area (Å²) in [5, 5.41) is 12.6. The number of benzene rings is 1. The third-order valence-electron chi connectivity index (χ3n) is 3.38. The molecule has 0 bridgehead atoms.